The normalized spacial score (nSPS) is 14.4. The van der Waals surface area contributed by atoms with Gasteiger partial charge in [0.15, 0.2) is 8.32 Å². The van der Waals surface area contributed by atoms with Crippen LogP contribution in [0.3, 0.4) is 0 Å². The van der Waals surface area contributed by atoms with Crippen LogP contribution < -0.4 is 0 Å². The van der Waals surface area contributed by atoms with E-state index in [4.69, 9.17) is 4.43 Å². The van der Waals surface area contributed by atoms with E-state index in [2.05, 4.69) is 45.6 Å². The first-order valence-electron chi connectivity index (χ1n) is 7.28. The smallest absolute Gasteiger partial charge is 0.184 e. The molecule has 102 valence electrons. The first-order chi connectivity index (χ1) is 7.95. The molecule has 0 aliphatic rings. The quantitative estimate of drug-likeness (QED) is 0.283. The molecule has 0 aromatic heterocycles. The monoisotopic (exact) mass is 256 g/mol. The highest BCUT2D eigenvalue weighted by atomic mass is 28.4. The van der Waals surface area contributed by atoms with Gasteiger partial charge in [-0.2, -0.15) is 0 Å². The Morgan fingerprint density at radius 1 is 1.00 bits per heavy atom. The van der Waals surface area contributed by atoms with Crippen molar-refractivity contribution in [1.29, 1.82) is 0 Å². The van der Waals surface area contributed by atoms with Crippen molar-refractivity contribution in [2.75, 3.05) is 0 Å². The van der Waals surface area contributed by atoms with E-state index in [0.29, 0.717) is 6.10 Å². The Kier molecular flexibility index (Phi) is 9.85. The average molecular weight is 257 g/mol. The molecule has 0 aromatic carbocycles. The highest BCUT2D eigenvalue weighted by molar-refractivity contribution is 6.69. The fourth-order valence-corrected chi connectivity index (χ4v) is 3.32. The minimum atomic E-state index is -1.32. The van der Waals surface area contributed by atoms with E-state index in [-0.39, 0.29) is 0 Å². The minimum absolute atomic E-state index is 0.460. The third kappa shape index (κ3) is 13.9. The van der Waals surface area contributed by atoms with Crippen molar-refractivity contribution in [3.8, 4) is 0 Å². The fourth-order valence-electron chi connectivity index (χ4n) is 1.99. The first-order valence-corrected chi connectivity index (χ1v) is 10.7. The van der Waals surface area contributed by atoms with Crippen molar-refractivity contribution in [2.45, 2.75) is 84.5 Å². The second-order valence-corrected chi connectivity index (χ2v) is 10.4. The molecule has 1 nitrogen and oxygen atoms in total. The number of rotatable bonds is 10. The Morgan fingerprint density at radius 2 is 1.65 bits per heavy atom. The number of hydrogen-bond acceptors (Lipinski definition) is 1. The molecule has 0 fully saturated rings. The lowest BCUT2D eigenvalue weighted by Gasteiger charge is -2.23. The predicted molar refractivity (Wildman–Crippen MR) is 81.0 cm³/mol. The van der Waals surface area contributed by atoms with Crippen molar-refractivity contribution in [3.63, 3.8) is 0 Å². The van der Waals surface area contributed by atoms with Crippen molar-refractivity contribution in [3.05, 3.63) is 12.2 Å². The molecular formula is C15H32OSi. The molecule has 0 aromatic rings. The van der Waals surface area contributed by atoms with Crippen molar-refractivity contribution in [1.82, 2.24) is 0 Å². The summed E-state index contributed by atoms with van der Waals surface area (Å²) >= 11 is 0. The minimum Gasteiger partial charge on any atom is -0.415 e. The molecular weight excluding hydrogens is 224 g/mol. The zero-order valence-electron chi connectivity index (χ0n) is 12.6. The van der Waals surface area contributed by atoms with E-state index in [0.717, 1.165) is 0 Å². The van der Waals surface area contributed by atoms with Crippen LogP contribution in [0.25, 0.3) is 0 Å². The standard InChI is InChI=1S/C15H32OSi/c1-6-7-8-9-10-11-12-13-14-15(2)16-17(3,4)5/h7-8,15H,6,9-14H2,1-5H3. The molecule has 0 aliphatic carbocycles. The van der Waals surface area contributed by atoms with Gasteiger partial charge in [-0.25, -0.2) is 0 Å². The molecule has 17 heavy (non-hydrogen) atoms. The Morgan fingerprint density at radius 3 is 2.24 bits per heavy atom. The SMILES string of the molecule is CCC=CCCCCCCC(C)O[Si](C)(C)C. The van der Waals surface area contributed by atoms with Crippen LogP contribution >= 0.6 is 0 Å². The van der Waals surface area contributed by atoms with Crippen LogP contribution in [0.2, 0.25) is 19.6 Å². The predicted octanol–water partition coefficient (Wildman–Crippen LogP) is 5.53. The summed E-state index contributed by atoms with van der Waals surface area (Å²) in [5.74, 6) is 0. The molecule has 0 N–H and O–H groups in total. The number of hydrogen-bond donors (Lipinski definition) is 0. The van der Waals surface area contributed by atoms with Gasteiger partial charge in [-0.1, -0.05) is 38.3 Å². The Hall–Kier alpha value is -0.0831. The molecule has 1 atom stereocenters. The summed E-state index contributed by atoms with van der Waals surface area (Å²) in [6.45, 7) is 11.2. The topological polar surface area (TPSA) is 9.23 Å². The summed E-state index contributed by atoms with van der Waals surface area (Å²) < 4.78 is 6.03. The largest absolute Gasteiger partial charge is 0.415 e. The van der Waals surface area contributed by atoms with Crippen LogP contribution in [-0.2, 0) is 4.43 Å². The Labute approximate surface area is 110 Å². The van der Waals surface area contributed by atoms with Gasteiger partial charge in [-0.05, 0) is 52.2 Å². The highest BCUT2D eigenvalue weighted by Gasteiger charge is 2.17. The van der Waals surface area contributed by atoms with Crippen molar-refractivity contribution in [2.24, 2.45) is 0 Å². The molecule has 2 heteroatoms. The molecule has 0 heterocycles. The molecule has 0 aliphatic heterocycles. The zero-order valence-corrected chi connectivity index (χ0v) is 13.6. The van der Waals surface area contributed by atoms with Gasteiger partial charge in [0.05, 0.1) is 0 Å². The van der Waals surface area contributed by atoms with E-state index < -0.39 is 8.32 Å². The van der Waals surface area contributed by atoms with E-state index in [1.165, 1.54) is 44.9 Å². The third-order valence-electron chi connectivity index (χ3n) is 2.69. The summed E-state index contributed by atoms with van der Waals surface area (Å²) in [7, 11) is -1.32. The van der Waals surface area contributed by atoms with Gasteiger partial charge in [0.1, 0.15) is 0 Å². The van der Waals surface area contributed by atoms with E-state index in [1.54, 1.807) is 0 Å². The molecule has 0 spiro atoms. The lowest BCUT2D eigenvalue weighted by Crippen LogP contribution is -2.30. The van der Waals surface area contributed by atoms with Gasteiger partial charge in [-0.15, -0.1) is 0 Å². The van der Waals surface area contributed by atoms with E-state index in [9.17, 15) is 0 Å². The van der Waals surface area contributed by atoms with Crippen molar-refractivity contribution < 1.29 is 4.43 Å². The summed E-state index contributed by atoms with van der Waals surface area (Å²) in [6, 6.07) is 0. The van der Waals surface area contributed by atoms with Crippen LogP contribution in [0.1, 0.15) is 58.8 Å². The molecule has 0 saturated carbocycles. The van der Waals surface area contributed by atoms with Gasteiger partial charge in [0, 0.05) is 6.10 Å². The summed E-state index contributed by atoms with van der Waals surface area (Å²) in [5.41, 5.74) is 0. The zero-order chi connectivity index (χ0) is 13.1. The number of unbranched alkanes of at least 4 members (excludes halogenated alkanes) is 4. The van der Waals surface area contributed by atoms with Crippen LogP contribution in [-0.4, -0.2) is 14.4 Å². The summed E-state index contributed by atoms with van der Waals surface area (Å²) in [6.07, 6.45) is 14.1. The molecule has 1 unspecified atom stereocenters. The summed E-state index contributed by atoms with van der Waals surface area (Å²) in [4.78, 5) is 0. The van der Waals surface area contributed by atoms with Crippen LogP contribution in [0.5, 0.6) is 0 Å². The third-order valence-corrected chi connectivity index (χ3v) is 3.80. The van der Waals surface area contributed by atoms with Gasteiger partial charge in [0.2, 0.25) is 0 Å². The maximum absolute atomic E-state index is 6.03. The fraction of sp³-hybridized carbons (Fsp3) is 0.867. The molecule has 0 saturated heterocycles. The highest BCUT2D eigenvalue weighted by Crippen LogP contribution is 2.14. The maximum Gasteiger partial charge on any atom is 0.184 e. The van der Waals surface area contributed by atoms with E-state index >= 15 is 0 Å². The van der Waals surface area contributed by atoms with Gasteiger partial charge in [0.25, 0.3) is 0 Å². The van der Waals surface area contributed by atoms with Crippen LogP contribution in [0, 0.1) is 0 Å². The Balaban J connectivity index is 3.31. The number of allylic oxidation sites excluding steroid dienone is 2. The Bertz CT molecular complexity index is 194. The maximum atomic E-state index is 6.03. The average Bonchev–Trinajstić information content (AvgIpc) is 2.19. The van der Waals surface area contributed by atoms with Gasteiger partial charge >= 0.3 is 0 Å². The molecule has 0 radical (unpaired) electrons. The van der Waals surface area contributed by atoms with Crippen LogP contribution in [0.15, 0.2) is 12.2 Å². The molecule has 0 bridgehead atoms. The molecule has 0 rings (SSSR count). The summed E-state index contributed by atoms with van der Waals surface area (Å²) in [5, 5.41) is 0. The van der Waals surface area contributed by atoms with Crippen LogP contribution in [0.4, 0.5) is 0 Å². The second-order valence-electron chi connectivity index (χ2n) is 5.91. The van der Waals surface area contributed by atoms with Gasteiger partial charge < -0.3 is 4.43 Å². The second kappa shape index (κ2) is 9.90. The van der Waals surface area contributed by atoms with Crippen molar-refractivity contribution >= 4 is 8.32 Å². The lowest BCUT2D eigenvalue weighted by molar-refractivity contribution is 0.199. The van der Waals surface area contributed by atoms with Gasteiger partial charge in [-0.3, -0.25) is 0 Å². The first kappa shape index (κ1) is 16.9. The lowest BCUT2D eigenvalue weighted by atomic mass is 10.1. The molecule has 0 amide bonds. The van der Waals surface area contributed by atoms with E-state index in [1.807, 2.05) is 0 Å².